The summed E-state index contributed by atoms with van der Waals surface area (Å²) >= 11 is 7.91. The summed E-state index contributed by atoms with van der Waals surface area (Å²) in [4.78, 5) is 13.6. The molecule has 0 amide bonds. The number of thiophene rings is 1. The highest BCUT2D eigenvalue weighted by Crippen LogP contribution is 2.51. The predicted octanol–water partition coefficient (Wildman–Crippen LogP) is 5.41. The van der Waals surface area contributed by atoms with Crippen LogP contribution in [-0.2, 0) is 0 Å². The lowest BCUT2D eigenvalue weighted by Gasteiger charge is -2.31. The molecule has 234 valence electrons. The van der Waals surface area contributed by atoms with Crippen LogP contribution in [-0.4, -0.2) is 78.6 Å². The first kappa shape index (κ1) is 28.9. The quantitative estimate of drug-likeness (QED) is 0.291. The van der Waals surface area contributed by atoms with Crippen molar-refractivity contribution in [1.29, 1.82) is 5.26 Å². The van der Waals surface area contributed by atoms with Gasteiger partial charge >= 0.3 is 6.01 Å². The maximum Gasteiger partial charge on any atom is 0.319 e. The van der Waals surface area contributed by atoms with Gasteiger partial charge in [0.1, 0.15) is 47.6 Å². The van der Waals surface area contributed by atoms with E-state index in [2.05, 4.69) is 20.1 Å². The van der Waals surface area contributed by atoms with Crippen molar-refractivity contribution in [2.75, 3.05) is 56.6 Å². The van der Waals surface area contributed by atoms with Gasteiger partial charge in [0.25, 0.3) is 0 Å². The minimum absolute atomic E-state index is 0.0289. The van der Waals surface area contributed by atoms with Gasteiger partial charge in [-0.2, -0.15) is 15.2 Å². The second kappa shape index (κ2) is 10.8. The Morgan fingerprint density at radius 2 is 2.13 bits per heavy atom. The van der Waals surface area contributed by atoms with Gasteiger partial charge in [0.2, 0.25) is 0 Å². The largest absolute Gasteiger partial charge is 0.489 e. The Balaban J connectivity index is 1.34. The highest BCUT2D eigenvalue weighted by molar-refractivity contribution is 7.23. The first-order valence-electron chi connectivity index (χ1n) is 15.1. The van der Waals surface area contributed by atoms with E-state index in [4.69, 9.17) is 31.8 Å². The molecule has 9 nitrogen and oxygen atoms in total. The normalized spacial score (nSPS) is 24.6. The van der Waals surface area contributed by atoms with E-state index in [-0.39, 0.29) is 73.3 Å². The van der Waals surface area contributed by atoms with Crippen molar-refractivity contribution >= 4 is 54.7 Å². The van der Waals surface area contributed by atoms with Gasteiger partial charge in [-0.1, -0.05) is 17.7 Å². The van der Waals surface area contributed by atoms with Crippen LogP contribution >= 0.6 is 22.9 Å². The maximum absolute atomic E-state index is 17.1. The molecular weight excluding hydrogens is 627 g/mol. The molecule has 2 aromatic carbocycles. The van der Waals surface area contributed by atoms with Crippen molar-refractivity contribution in [3.63, 3.8) is 0 Å². The Labute approximate surface area is 265 Å². The summed E-state index contributed by atoms with van der Waals surface area (Å²) in [5, 5.41) is 13.8. The number of fused-ring (bicyclic) bond motifs is 2. The minimum atomic E-state index is -0.930. The number of benzene rings is 2. The van der Waals surface area contributed by atoms with Crippen molar-refractivity contribution in [2.24, 2.45) is 0 Å². The molecule has 0 bridgehead atoms. The Hall–Kier alpha value is -3.57. The Bertz CT molecular complexity index is 1910. The number of nitrogen functional groups attached to an aromatic ring is 1. The second-order valence-electron chi connectivity index (χ2n) is 12.2. The van der Waals surface area contributed by atoms with Crippen LogP contribution in [0.2, 0.25) is 5.02 Å². The number of nitrogens with two attached hydrogens (primary N) is 1. The lowest BCUT2D eigenvalue weighted by molar-refractivity contribution is 0.107. The molecule has 0 aliphatic carbocycles. The Morgan fingerprint density at radius 3 is 2.93 bits per heavy atom. The van der Waals surface area contributed by atoms with Crippen molar-refractivity contribution in [3.05, 3.63) is 34.4 Å². The number of hydrogen-bond donors (Lipinski definition) is 2. The van der Waals surface area contributed by atoms with E-state index in [0.717, 1.165) is 43.7 Å². The van der Waals surface area contributed by atoms with Crippen LogP contribution in [0, 0.1) is 23.0 Å². The molecule has 4 aliphatic heterocycles. The molecule has 0 saturated carbocycles. The van der Waals surface area contributed by atoms with E-state index < -0.39 is 23.3 Å². The van der Waals surface area contributed by atoms with Crippen molar-refractivity contribution in [3.8, 4) is 29.0 Å². The molecule has 0 unspecified atom stereocenters. The molecule has 4 aliphatic rings. The summed E-state index contributed by atoms with van der Waals surface area (Å²) < 4.78 is 59.0. The van der Waals surface area contributed by atoms with Gasteiger partial charge in [-0.25, -0.2) is 13.2 Å². The number of aromatic nitrogens is 2. The summed E-state index contributed by atoms with van der Waals surface area (Å²) in [6.45, 7) is 3.59. The number of alkyl halides is 1. The molecule has 3 saturated heterocycles. The number of anilines is 2. The Morgan fingerprint density at radius 1 is 1.27 bits per heavy atom. The van der Waals surface area contributed by atoms with Crippen LogP contribution in [0.15, 0.2) is 12.1 Å². The molecular formula is C31H29ClF3N7O2S. The fourth-order valence-corrected chi connectivity index (χ4v) is 8.93. The average molecular weight is 656 g/mol. The molecule has 14 heteroatoms. The van der Waals surface area contributed by atoms with Crippen molar-refractivity contribution < 1.29 is 22.6 Å². The van der Waals surface area contributed by atoms with E-state index in [1.54, 1.807) is 0 Å². The van der Waals surface area contributed by atoms with Gasteiger partial charge < -0.3 is 25.4 Å². The van der Waals surface area contributed by atoms with Crippen LogP contribution in [0.3, 0.4) is 0 Å². The van der Waals surface area contributed by atoms with Crippen LogP contribution in [0.1, 0.15) is 31.2 Å². The highest BCUT2D eigenvalue weighted by Gasteiger charge is 2.49. The van der Waals surface area contributed by atoms with E-state index in [0.29, 0.717) is 37.3 Å². The van der Waals surface area contributed by atoms with Gasteiger partial charge in [-0.05, 0) is 44.0 Å². The molecule has 6 heterocycles. The van der Waals surface area contributed by atoms with Gasteiger partial charge in [0.15, 0.2) is 11.6 Å². The zero-order valence-corrected chi connectivity index (χ0v) is 25.7. The van der Waals surface area contributed by atoms with Crippen LogP contribution < -0.4 is 25.4 Å². The van der Waals surface area contributed by atoms with E-state index in [9.17, 15) is 14.0 Å². The number of nitrogens with one attached hydrogen (secondary N) is 1. The molecule has 3 atom stereocenters. The second-order valence-corrected chi connectivity index (χ2v) is 13.6. The smallest absolute Gasteiger partial charge is 0.319 e. The summed E-state index contributed by atoms with van der Waals surface area (Å²) in [7, 11) is 0. The van der Waals surface area contributed by atoms with Crippen LogP contribution in [0.4, 0.5) is 24.0 Å². The first-order valence-corrected chi connectivity index (χ1v) is 16.2. The predicted molar refractivity (Wildman–Crippen MR) is 167 cm³/mol. The highest BCUT2D eigenvalue weighted by atomic mass is 35.5. The van der Waals surface area contributed by atoms with Crippen LogP contribution in [0.25, 0.3) is 32.1 Å². The lowest BCUT2D eigenvalue weighted by Crippen LogP contribution is -2.43. The number of halogens is 4. The third-order valence-electron chi connectivity index (χ3n) is 9.70. The monoisotopic (exact) mass is 655 g/mol. The lowest BCUT2D eigenvalue weighted by atomic mass is 9.95. The minimum Gasteiger partial charge on any atom is -0.489 e. The maximum atomic E-state index is 17.1. The molecule has 3 fully saturated rings. The van der Waals surface area contributed by atoms with Crippen molar-refractivity contribution in [1.82, 2.24) is 20.2 Å². The van der Waals surface area contributed by atoms with Gasteiger partial charge in [-0.15, -0.1) is 11.3 Å². The fraction of sp³-hybridized carbons (Fsp3) is 0.452. The number of nitriles is 1. The van der Waals surface area contributed by atoms with Crippen molar-refractivity contribution in [2.45, 2.75) is 43.4 Å². The van der Waals surface area contributed by atoms with Gasteiger partial charge in [0.05, 0.1) is 32.8 Å². The standard InChI is InChI=1S/C31H29ClF3N7O2S/c32-23-21(17-2-3-19(34)27-20(17)18(11-36)28(37)45-27)24(35)25-22-26(23)43-9-8-42(16-4-6-38-12-16)29(22)40-30(39-25)44-14-31-5-1-7-41(31)13-15(33)10-31/h2-3,15-16,38H,1,4-10,12-14,37H2/t15-,16-,31+/m1/s1. The van der Waals surface area contributed by atoms with E-state index in [1.807, 2.05) is 6.07 Å². The number of nitrogens with zero attached hydrogens (tertiary/aromatic N) is 5. The van der Waals surface area contributed by atoms with E-state index in [1.165, 1.54) is 12.1 Å². The topological polar surface area (TPSA) is 113 Å². The zero-order valence-electron chi connectivity index (χ0n) is 24.1. The molecule has 0 radical (unpaired) electrons. The molecule has 45 heavy (non-hydrogen) atoms. The van der Waals surface area contributed by atoms with Gasteiger partial charge in [-0.3, -0.25) is 4.90 Å². The Kier molecular flexibility index (Phi) is 6.90. The number of rotatable bonds is 5. The zero-order chi connectivity index (χ0) is 31.0. The molecule has 8 rings (SSSR count). The number of hydrogen-bond acceptors (Lipinski definition) is 10. The summed E-state index contributed by atoms with van der Waals surface area (Å²) in [5.74, 6) is -0.716. The van der Waals surface area contributed by atoms with E-state index >= 15 is 4.39 Å². The fourth-order valence-electron chi connectivity index (χ4n) is 7.65. The SMILES string of the molecule is N#Cc1c(N)sc2c(F)ccc(-c3c(Cl)c4c5c(nc(OC[C@@]67CCCN6C[C@H](F)C7)nc5c3F)N([C@@H]3CCNC3)CCO4)c12. The summed E-state index contributed by atoms with van der Waals surface area (Å²) in [6.07, 6.45) is 2.03. The average Bonchev–Trinajstić information content (AvgIpc) is 3.78. The molecule has 3 N–H and O–H groups in total. The third-order valence-corrected chi connectivity index (χ3v) is 11.1. The molecule has 4 aromatic rings. The van der Waals surface area contributed by atoms with Gasteiger partial charge in [0, 0.05) is 36.5 Å². The third kappa shape index (κ3) is 4.40. The summed E-state index contributed by atoms with van der Waals surface area (Å²) in [5.41, 5.74) is 5.72. The number of ether oxygens (including phenoxy) is 2. The molecule has 0 spiro atoms. The van der Waals surface area contributed by atoms with Crippen LogP contribution in [0.5, 0.6) is 11.8 Å². The first-order chi connectivity index (χ1) is 21.8. The summed E-state index contributed by atoms with van der Waals surface area (Å²) in [6, 6.07) is 4.67. The molecule has 2 aromatic heterocycles.